The lowest BCUT2D eigenvalue weighted by molar-refractivity contribution is -0.124. The highest BCUT2D eigenvalue weighted by molar-refractivity contribution is 5.96. The lowest BCUT2D eigenvalue weighted by Crippen LogP contribution is -2.31. The molecule has 0 aliphatic carbocycles. The van der Waals surface area contributed by atoms with E-state index in [-0.39, 0.29) is 30.8 Å². The molecule has 1 aromatic heterocycles. The van der Waals surface area contributed by atoms with E-state index in [1.165, 1.54) is 0 Å². The Balaban J connectivity index is 1.58. The van der Waals surface area contributed by atoms with Gasteiger partial charge in [-0.1, -0.05) is 55.5 Å². The monoisotopic (exact) mass is 395 g/mol. The maximum Gasteiger partial charge on any atom is 0.375 e. The Morgan fingerprint density at radius 2 is 1.79 bits per heavy atom. The van der Waals surface area contributed by atoms with E-state index >= 15 is 0 Å². The van der Waals surface area contributed by atoms with E-state index in [1.807, 2.05) is 62.4 Å². The molecule has 0 aliphatic heterocycles. The molecular formula is C23H25NO5. The lowest BCUT2D eigenvalue weighted by atomic mass is 10.0. The van der Waals surface area contributed by atoms with Crippen LogP contribution >= 0.6 is 0 Å². The zero-order valence-electron chi connectivity index (χ0n) is 16.6. The summed E-state index contributed by atoms with van der Waals surface area (Å²) in [4.78, 5) is 24.6. The van der Waals surface area contributed by atoms with Gasteiger partial charge in [0.05, 0.1) is 6.61 Å². The van der Waals surface area contributed by atoms with Crippen LogP contribution in [0.15, 0.2) is 59.0 Å². The Labute approximate surface area is 169 Å². The van der Waals surface area contributed by atoms with Crippen LogP contribution in [-0.4, -0.2) is 31.6 Å². The van der Waals surface area contributed by atoms with Crippen LogP contribution in [0.25, 0.3) is 11.0 Å². The lowest BCUT2D eigenvalue weighted by Gasteiger charge is -2.13. The van der Waals surface area contributed by atoms with Crippen molar-refractivity contribution in [3.8, 4) is 0 Å². The summed E-state index contributed by atoms with van der Waals surface area (Å²) in [6.45, 7) is 4.73. The zero-order chi connectivity index (χ0) is 20.6. The second kappa shape index (κ2) is 9.89. The minimum atomic E-state index is -0.679. The first-order valence-corrected chi connectivity index (χ1v) is 9.67. The number of rotatable bonds is 9. The Bertz CT molecular complexity index is 964. The largest absolute Gasteiger partial charge is 0.450 e. The van der Waals surface area contributed by atoms with E-state index in [2.05, 4.69) is 5.32 Å². The number of esters is 1. The molecule has 0 spiro atoms. The number of carbonyl (C=O) groups excluding carboxylic acids is 2. The molecule has 1 amide bonds. The first-order valence-electron chi connectivity index (χ1n) is 9.67. The first-order chi connectivity index (χ1) is 14.1. The Morgan fingerprint density at radius 3 is 2.55 bits per heavy atom. The third kappa shape index (κ3) is 5.23. The van der Waals surface area contributed by atoms with E-state index in [1.54, 1.807) is 6.07 Å². The first kappa shape index (κ1) is 20.6. The van der Waals surface area contributed by atoms with Crippen molar-refractivity contribution in [3.63, 3.8) is 0 Å². The van der Waals surface area contributed by atoms with Crippen molar-refractivity contribution in [2.24, 2.45) is 0 Å². The van der Waals surface area contributed by atoms with Crippen LogP contribution in [0.4, 0.5) is 0 Å². The molecule has 0 unspecified atom stereocenters. The minimum absolute atomic E-state index is 0.0742. The molecule has 0 bridgehead atoms. The summed E-state index contributed by atoms with van der Waals surface area (Å²) in [5.41, 5.74) is 2.34. The highest BCUT2D eigenvalue weighted by atomic mass is 16.5. The van der Waals surface area contributed by atoms with Crippen LogP contribution in [0.5, 0.6) is 0 Å². The molecule has 6 nitrogen and oxygen atoms in total. The van der Waals surface area contributed by atoms with Crippen LogP contribution in [-0.2, 0) is 20.9 Å². The van der Waals surface area contributed by atoms with Gasteiger partial charge in [0.1, 0.15) is 5.58 Å². The number of hydrogen-bond donors (Lipinski definition) is 1. The molecule has 29 heavy (non-hydrogen) atoms. The van der Waals surface area contributed by atoms with Crippen molar-refractivity contribution < 1.29 is 23.5 Å². The van der Waals surface area contributed by atoms with Gasteiger partial charge in [-0.25, -0.2) is 4.79 Å². The summed E-state index contributed by atoms with van der Waals surface area (Å²) < 4.78 is 16.3. The van der Waals surface area contributed by atoms with Crippen LogP contribution < -0.4 is 5.32 Å². The standard InChI is InChI=1S/C23H25NO5/c1-3-27-14-19-18-11-7-8-12-20(18)29-22(19)23(26)28-15-21(25)24-13-16(2)17-9-5-4-6-10-17/h4-12,16H,3,13-15H2,1-2H3,(H,24,25)/t16-/m0/s1. The molecule has 1 atom stereocenters. The van der Waals surface area contributed by atoms with Gasteiger partial charge in [-0.05, 0) is 24.5 Å². The average molecular weight is 395 g/mol. The third-order valence-corrected chi connectivity index (χ3v) is 4.64. The molecule has 0 saturated carbocycles. The molecule has 3 rings (SSSR count). The van der Waals surface area contributed by atoms with E-state index in [9.17, 15) is 9.59 Å². The maximum absolute atomic E-state index is 12.5. The summed E-state index contributed by atoms with van der Waals surface area (Å²) in [6, 6.07) is 17.2. The van der Waals surface area contributed by atoms with Gasteiger partial charge in [-0.3, -0.25) is 4.79 Å². The van der Waals surface area contributed by atoms with Gasteiger partial charge in [-0.15, -0.1) is 0 Å². The summed E-state index contributed by atoms with van der Waals surface area (Å²) in [5.74, 6) is -0.806. The molecule has 0 aliphatic rings. The van der Waals surface area contributed by atoms with Gasteiger partial charge in [-0.2, -0.15) is 0 Å². The number of furan rings is 1. The van der Waals surface area contributed by atoms with Gasteiger partial charge in [0, 0.05) is 24.1 Å². The van der Waals surface area contributed by atoms with Gasteiger partial charge in [0.2, 0.25) is 5.76 Å². The SMILES string of the molecule is CCOCc1c(C(=O)OCC(=O)NC[C@H](C)c2ccccc2)oc2ccccc12. The molecule has 0 saturated heterocycles. The van der Waals surface area contributed by atoms with E-state index in [0.717, 1.165) is 10.9 Å². The van der Waals surface area contributed by atoms with Gasteiger partial charge < -0.3 is 19.2 Å². The van der Waals surface area contributed by atoms with Crippen molar-refractivity contribution >= 4 is 22.8 Å². The number of hydrogen-bond acceptors (Lipinski definition) is 5. The number of fused-ring (bicyclic) bond motifs is 1. The molecule has 0 fully saturated rings. The van der Waals surface area contributed by atoms with Gasteiger partial charge in [0.15, 0.2) is 6.61 Å². The Morgan fingerprint density at radius 1 is 1.07 bits per heavy atom. The van der Waals surface area contributed by atoms with Crippen LogP contribution in [0, 0.1) is 0 Å². The highest BCUT2D eigenvalue weighted by Crippen LogP contribution is 2.27. The number of ether oxygens (including phenoxy) is 2. The Kier molecular flexibility index (Phi) is 7.03. The molecule has 0 radical (unpaired) electrons. The molecule has 6 heteroatoms. The predicted molar refractivity (Wildman–Crippen MR) is 110 cm³/mol. The zero-order valence-corrected chi connectivity index (χ0v) is 16.6. The second-order valence-corrected chi connectivity index (χ2v) is 6.73. The highest BCUT2D eigenvalue weighted by Gasteiger charge is 2.22. The number of nitrogens with one attached hydrogen (secondary N) is 1. The minimum Gasteiger partial charge on any atom is -0.450 e. The summed E-state index contributed by atoms with van der Waals surface area (Å²) in [7, 11) is 0. The van der Waals surface area contributed by atoms with Gasteiger partial charge in [0.25, 0.3) is 5.91 Å². The van der Waals surface area contributed by atoms with Crippen molar-refractivity contribution in [2.75, 3.05) is 19.8 Å². The smallest absolute Gasteiger partial charge is 0.375 e. The summed E-state index contributed by atoms with van der Waals surface area (Å²) >= 11 is 0. The fraction of sp³-hybridized carbons (Fsp3) is 0.304. The topological polar surface area (TPSA) is 77.8 Å². The van der Waals surface area contributed by atoms with E-state index in [0.29, 0.717) is 24.3 Å². The summed E-state index contributed by atoms with van der Waals surface area (Å²) in [5, 5.41) is 3.59. The quantitative estimate of drug-likeness (QED) is 0.553. The molecule has 2 aromatic carbocycles. The second-order valence-electron chi connectivity index (χ2n) is 6.73. The maximum atomic E-state index is 12.5. The normalized spacial score (nSPS) is 11.9. The molecule has 1 heterocycles. The van der Waals surface area contributed by atoms with E-state index in [4.69, 9.17) is 13.9 Å². The number of para-hydroxylation sites is 1. The predicted octanol–water partition coefficient (Wildman–Crippen LogP) is 4.05. The van der Waals surface area contributed by atoms with Crippen molar-refractivity contribution in [1.82, 2.24) is 5.32 Å². The van der Waals surface area contributed by atoms with Crippen molar-refractivity contribution in [2.45, 2.75) is 26.4 Å². The number of benzene rings is 2. The van der Waals surface area contributed by atoms with E-state index < -0.39 is 5.97 Å². The number of amides is 1. The fourth-order valence-electron chi connectivity index (χ4n) is 3.03. The molecule has 1 N–H and O–H groups in total. The fourth-order valence-corrected chi connectivity index (χ4v) is 3.03. The van der Waals surface area contributed by atoms with Crippen molar-refractivity contribution in [3.05, 3.63) is 71.5 Å². The average Bonchev–Trinajstić information content (AvgIpc) is 3.13. The van der Waals surface area contributed by atoms with Crippen LogP contribution in [0.3, 0.4) is 0 Å². The van der Waals surface area contributed by atoms with Crippen LogP contribution in [0.2, 0.25) is 0 Å². The number of carbonyl (C=O) groups is 2. The summed E-state index contributed by atoms with van der Waals surface area (Å²) in [6.07, 6.45) is 0. The Hall–Kier alpha value is -3.12. The van der Waals surface area contributed by atoms with Crippen molar-refractivity contribution in [1.29, 1.82) is 0 Å². The molecule has 3 aromatic rings. The molecular weight excluding hydrogens is 370 g/mol. The molecule has 152 valence electrons. The van der Waals surface area contributed by atoms with Gasteiger partial charge >= 0.3 is 5.97 Å². The third-order valence-electron chi connectivity index (χ3n) is 4.64. The van der Waals surface area contributed by atoms with Crippen LogP contribution in [0.1, 0.15) is 41.4 Å².